The topological polar surface area (TPSA) is 91.1 Å². The molecule has 1 atom stereocenters. The number of benzene rings is 2. The Hall–Kier alpha value is -3.00. The smallest absolute Gasteiger partial charge is 0.305 e. The third-order valence-corrected chi connectivity index (χ3v) is 4.65. The second-order valence-electron chi connectivity index (χ2n) is 5.47. The number of nitrogens with one attached hydrogen (secondary N) is 1. The first-order chi connectivity index (χ1) is 12.5. The Kier molecular flexibility index (Phi) is 5.43. The van der Waals surface area contributed by atoms with Gasteiger partial charge in [-0.1, -0.05) is 48.2 Å². The maximum Gasteiger partial charge on any atom is 0.305 e. The fraction of sp³-hybridized carbons (Fsp3) is 0.111. The predicted octanol–water partition coefficient (Wildman–Crippen LogP) is 2.89. The van der Waals surface area contributed by atoms with Gasteiger partial charge in [0.25, 0.3) is 0 Å². The lowest BCUT2D eigenvalue weighted by Gasteiger charge is -2.01. The lowest BCUT2D eigenvalue weighted by Crippen LogP contribution is -2.26. The van der Waals surface area contributed by atoms with Crippen LogP contribution in [0.5, 0.6) is 0 Å². The summed E-state index contributed by atoms with van der Waals surface area (Å²) in [6.07, 6.45) is 1.27. The highest BCUT2D eigenvalue weighted by atomic mass is 32.2. The fourth-order valence-electron chi connectivity index (χ4n) is 2.30. The molecule has 0 aliphatic carbocycles. The molecule has 1 aliphatic heterocycles. The number of amidine groups is 1. The van der Waals surface area contributed by atoms with E-state index in [0.29, 0.717) is 0 Å². The summed E-state index contributed by atoms with van der Waals surface area (Å²) in [6.45, 7) is 0. The molecular weight excluding hydrogens is 357 g/mol. The Bertz CT molecular complexity index is 880. The van der Waals surface area contributed by atoms with Gasteiger partial charge < -0.3 is 10.4 Å². The maximum atomic E-state index is 13.0. The van der Waals surface area contributed by atoms with Crippen molar-refractivity contribution in [3.63, 3.8) is 0 Å². The average molecular weight is 371 g/mol. The Balaban J connectivity index is 1.63. The van der Waals surface area contributed by atoms with E-state index in [0.717, 1.165) is 28.5 Å². The van der Waals surface area contributed by atoms with Gasteiger partial charge in [0.2, 0.25) is 5.91 Å². The number of aliphatic carboxylic acids is 1. The molecular formula is C18H14FN3O3S. The van der Waals surface area contributed by atoms with E-state index >= 15 is 0 Å². The van der Waals surface area contributed by atoms with Crippen LogP contribution in [-0.4, -0.2) is 33.6 Å². The fourth-order valence-corrected chi connectivity index (χ4v) is 3.21. The molecule has 2 N–H and O–H groups in total. The molecule has 0 saturated carbocycles. The molecule has 0 aromatic heterocycles. The SMILES string of the molecule is O=C(O)CC1SC(=NN=Cc2ccc(-c3ccc(F)cc3)cc2)NC1=O. The highest BCUT2D eigenvalue weighted by Crippen LogP contribution is 2.22. The lowest BCUT2D eigenvalue weighted by molar-refractivity contribution is -0.138. The monoisotopic (exact) mass is 371 g/mol. The Morgan fingerprint density at radius 2 is 1.77 bits per heavy atom. The van der Waals surface area contributed by atoms with Crippen LogP contribution in [-0.2, 0) is 9.59 Å². The molecule has 0 radical (unpaired) electrons. The van der Waals surface area contributed by atoms with E-state index in [1.165, 1.54) is 18.3 Å². The minimum absolute atomic E-state index is 0.260. The number of hydrogen-bond acceptors (Lipinski definition) is 5. The number of hydrogen-bond donors (Lipinski definition) is 2. The van der Waals surface area contributed by atoms with Gasteiger partial charge in [-0.05, 0) is 28.8 Å². The van der Waals surface area contributed by atoms with E-state index in [4.69, 9.17) is 5.11 Å². The van der Waals surface area contributed by atoms with Crippen molar-refractivity contribution in [1.82, 2.24) is 5.32 Å². The lowest BCUT2D eigenvalue weighted by atomic mass is 10.0. The highest BCUT2D eigenvalue weighted by molar-refractivity contribution is 8.15. The Morgan fingerprint density at radius 1 is 1.15 bits per heavy atom. The summed E-state index contributed by atoms with van der Waals surface area (Å²) in [7, 11) is 0. The van der Waals surface area contributed by atoms with Gasteiger partial charge >= 0.3 is 5.97 Å². The molecule has 1 aliphatic rings. The van der Waals surface area contributed by atoms with E-state index in [1.54, 1.807) is 12.1 Å². The van der Waals surface area contributed by atoms with Gasteiger partial charge in [0, 0.05) is 0 Å². The second-order valence-corrected chi connectivity index (χ2v) is 6.66. The van der Waals surface area contributed by atoms with Crippen LogP contribution in [0.4, 0.5) is 4.39 Å². The summed E-state index contributed by atoms with van der Waals surface area (Å²) in [6, 6.07) is 13.7. The van der Waals surface area contributed by atoms with Crippen LogP contribution in [0.25, 0.3) is 11.1 Å². The Labute approximate surface area is 152 Å². The molecule has 0 bridgehead atoms. The second kappa shape index (κ2) is 7.92. The molecule has 1 unspecified atom stereocenters. The molecule has 2 aromatic rings. The van der Waals surface area contributed by atoms with Gasteiger partial charge in [0.1, 0.15) is 11.1 Å². The third-order valence-electron chi connectivity index (χ3n) is 3.58. The minimum Gasteiger partial charge on any atom is -0.481 e. The van der Waals surface area contributed by atoms with E-state index in [1.807, 2.05) is 24.3 Å². The summed E-state index contributed by atoms with van der Waals surface area (Å²) >= 11 is 1.05. The molecule has 1 amide bonds. The number of thioether (sulfide) groups is 1. The van der Waals surface area contributed by atoms with Crippen LogP contribution in [0.15, 0.2) is 58.7 Å². The zero-order chi connectivity index (χ0) is 18.5. The zero-order valence-corrected chi connectivity index (χ0v) is 14.2. The van der Waals surface area contributed by atoms with Crippen molar-refractivity contribution in [2.24, 2.45) is 10.2 Å². The molecule has 1 heterocycles. The largest absolute Gasteiger partial charge is 0.481 e. The van der Waals surface area contributed by atoms with Crippen molar-refractivity contribution in [3.8, 4) is 11.1 Å². The standard InChI is InChI=1S/C18H14FN3O3S/c19-14-7-5-13(6-8-14)12-3-1-11(2-4-12)10-20-22-18-21-17(25)15(26-18)9-16(23)24/h1-8,10,15H,9H2,(H,23,24)(H,21,22,25). The number of carboxylic acids is 1. The molecule has 6 nitrogen and oxygen atoms in total. The van der Waals surface area contributed by atoms with Crippen molar-refractivity contribution in [2.45, 2.75) is 11.7 Å². The van der Waals surface area contributed by atoms with E-state index < -0.39 is 11.2 Å². The minimum atomic E-state index is -1.04. The van der Waals surface area contributed by atoms with Crippen LogP contribution in [0, 0.1) is 5.82 Å². The first-order valence-corrected chi connectivity index (χ1v) is 8.55. The van der Waals surface area contributed by atoms with E-state index in [9.17, 15) is 14.0 Å². The highest BCUT2D eigenvalue weighted by Gasteiger charge is 2.32. The van der Waals surface area contributed by atoms with Gasteiger partial charge in [-0.25, -0.2) is 4.39 Å². The quantitative estimate of drug-likeness (QED) is 0.625. The summed E-state index contributed by atoms with van der Waals surface area (Å²) in [5.41, 5.74) is 2.66. The van der Waals surface area contributed by atoms with Gasteiger partial charge in [0.05, 0.1) is 12.6 Å². The number of nitrogens with zero attached hydrogens (tertiary/aromatic N) is 2. The Morgan fingerprint density at radius 3 is 2.38 bits per heavy atom. The van der Waals surface area contributed by atoms with Crippen molar-refractivity contribution in [1.29, 1.82) is 0 Å². The molecule has 132 valence electrons. The number of halogens is 1. The number of rotatable bonds is 5. The first-order valence-electron chi connectivity index (χ1n) is 7.67. The van der Waals surface area contributed by atoms with Crippen LogP contribution in [0.1, 0.15) is 12.0 Å². The zero-order valence-electron chi connectivity index (χ0n) is 13.4. The molecule has 1 saturated heterocycles. The van der Waals surface area contributed by atoms with Crippen LogP contribution >= 0.6 is 11.8 Å². The van der Waals surface area contributed by atoms with Crippen LogP contribution in [0.2, 0.25) is 0 Å². The molecule has 2 aromatic carbocycles. The number of amides is 1. The van der Waals surface area contributed by atoms with Crippen molar-refractivity contribution >= 4 is 35.0 Å². The number of carbonyl (C=O) groups excluding carboxylic acids is 1. The van der Waals surface area contributed by atoms with Gasteiger partial charge in [-0.3, -0.25) is 9.59 Å². The van der Waals surface area contributed by atoms with Crippen molar-refractivity contribution < 1.29 is 19.1 Å². The third kappa shape index (κ3) is 4.54. The molecule has 3 rings (SSSR count). The number of carboxylic acid groups (broad SMARTS) is 1. The molecule has 0 spiro atoms. The normalized spacial score (nSPS) is 18.4. The van der Waals surface area contributed by atoms with Gasteiger partial charge in [-0.15, -0.1) is 5.10 Å². The van der Waals surface area contributed by atoms with Gasteiger partial charge in [0.15, 0.2) is 5.17 Å². The summed E-state index contributed by atoms with van der Waals surface area (Å²) < 4.78 is 13.0. The van der Waals surface area contributed by atoms with Crippen molar-refractivity contribution in [2.75, 3.05) is 0 Å². The summed E-state index contributed by atoms with van der Waals surface area (Å²) in [4.78, 5) is 22.3. The molecule has 1 fully saturated rings. The maximum absolute atomic E-state index is 13.0. The first kappa shape index (κ1) is 17.8. The summed E-state index contributed by atoms with van der Waals surface area (Å²) in [5, 5.41) is 18.6. The van der Waals surface area contributed by atoms with Crippen LogP contribution in [0.3, 0.4) is 0 Å². The average Bonchev–Trinajstić information content (AvgIpc) is 2.95. The van der Waals surface area contributed by atoms with E-state index in [2.05, 4.69) is 15.5 Å². The number of carbonyl (C=O) groups is 2. The molecule has 8 heteroatoms. The predicted molar refractivity (Wildman–Crippen MR) is 98.6 cm³/mol. The molecule has 26 heavy (non-hydrogen) atoms. The van der Waals surface area contributed by atoms with Crippen LogP contribution < -0.4 is 5.32 Å². The summed E-state index contributed by atoms with van der Waals surface area (Å²) in [5.74, 6) is -1.70. The van der Waals surface area contributed by atoms with Crippen molar-refractivity contribution in [3.05, 3.63) is 59.9 Å². The van der Waals surface area contributed by atoms with Gasteiger partial charge in [-0.2, -0.15) is 5.10 Å². The van der Waals surface area contributed by atoms with E-state index in [-0.39, 0.29) is 23.3 Å².